The molecule has 100 valence electrons. The number of halogens is 3. The number of amides is 1. The number of alkyl halides is 3. The highest BCUT2D eigenvalue weighted by molar-refractivity contribution is 5.77. The maximum Gasteiger partial charge on any atom is 0.401 e. The van der Waals surface area contributed by atoms with Crippen LogP contribution >= 0.6 is 0 Å². The Labute approximate surface area is 103 Å². The average molecular weight is 261 g/mol. The third kappa shape index (κ3) is 6.19. The average Bonchev–Trinajstić information content (AvgIpc) is 2.26. The van der Waals surface area contributed by atoms with Gasteiger partial charge in [0.25, 0.3) is 0 Å². The molecule has 0 fully saturated rings. The number of nitrogens with zero attached hydrogens (tertiary/aromatic N) is 1. The molecule has 0 spiro atoms. The van der Waals surface area contributed by atoms with Gasteiger partial charge in [-0.1, -0.05) is 6.07 Å². The van der Waals surface area contributed by atoms with Gasteiger partial charge >= 0.3 is 6.18 Å². The minimum atomic E-state index is -4.30. The van der Waals surface area contributed by atoms with Crippen LogP contribution in [0.3, 0.4) is 0 Å². The summed E-state index contributed by atoms with van der Waals surface area (Å²) < 4.78 is 35.4. The summed E-state index contributed by atoms with van der Waals surface area (Å²) in [4.78, 5) is 15.2. The molecule has 0 aliphatic heterocycles. The van der Waals surface area contributed by atoms with E-state index >= 15 is 0 Å². The molecule has 0 aliphatic carbocycles. The summed E-state index contributed by atoms with van der Waals surface area (Å²) in [6, 6.07) is 3.59. The van der Waals surface area contributed by atoms with E-state index in [4.69, 9.17) is 0 Å². The lowest BCUT2D eigenvalue weighted by molar-refractivity contribution is -0.128. The monoisotopic (exact) mass is 261 g/mol. The first-order chi connectivity index (χ1) is 8.37. The standard InChI is InChI=1S/C11H14F3N3O/c1-8-2-3-9(4-16-8)5-17-10(18)6-15-7-11(12,13)14/h2-4,15H,5-7H2,1H3,(H,17,18). The van der Waals surface area contributed by atoms with Gasteiger partial charge in [-0.15, -0.1) is 0 Å². The van der Waals surface area contributed by atoms with Crippen molar-refractivity contribution in [2.45, 2.75) is 19.6 Å². The summed E-state index contributed by atoms with van der Waals surface area (Å²) in [5.41, 5.74) is 1.65. The van der Waals surface area contributed by atoms with Crippen molar-refractivity contribution in [2.24, 2.45) is 0 Å². The van der Waals surface area contributed by atoms with Gasteiger partial charge in [0.1, 0.15) is 0 Å². The lowest BCUT2D eigenvalue weighted by atomic mass is 10.2. The molecule has 0 radical (unpaired) electrons. The molecule has 1 amide bonds. The summed E-state index contributed by atoms with van der Waals surface area (Å²) >= 11 is 0. The zero-order valence-corrected chi connectivity index (χ0v) is 9.84. The number of aryl methyl sites for hydroxylation is 1. The predicted octanol–water partition coefficient (Wildman–Crippen LogP) is 1.16. The first-order valence-electron chi connectivity index (χ1n) is 5.32. The first-order valence-corrected chi connectivity index (χ1v) is 5.32. The Morgan fingerprint density at radius 2 is 2.11 bits per heavy atom. The lowest BCUT2D eigenvalue weighted by Crippen LogP contribution is -2.38. The van der Waals surface area contributed by atoms with Gasteiger partial charge < -0.3 is 10.6 Å². The Morgan fingerprint density at radius 1 is 1.39 bits per heavy atom. The zero-order valence-electron chi connectivity index (χ0n) is 9.84. The second-order valence-corrected chi connectivity index (χ2v) is 3.80. The quantitative estimate of drug-likeness (QED) is 0.836. The van der Waals surface area contributed by atoms with Crippen molar-refractivity contribution in [3.63, 3.8) is 0 Å². The molecule has 2 N–H and O–H groups in total. The Morgan fingerprint density at radius 3 is 2.67 bits per heavy atom. The Hall–Kier alpha value is -1.63. The first kappa shape index (κ1) is 14.4. The molecule has 0 saturated carbocycles. The lowest BCUT2D eigenvalue weighted by Gasteiger charge is -2.08. The Kier molecular flexibility index (Phi) is 5.08. The molecule has 0 saturated heterocycles. The molecule has 7 heteroatoms. The van der Waals surface area contributed by atoms with Gasteiger partial charge in [-0.05, 0) is 18.6 Å². The maximum absolute atomic E-state index is 11.8. The highest BCUT2D eigenvalue weighted by atomic mass is 19.4. The van der Waals surface area contributed by atoms with E-state index in [1.807, 2.05) is 12.2 Å². The second-order valence-electron chi connectivity index (χ2n) is 3.80. The van der Waals surface area contributed by atoms with Crippen molar-refractivity contribution >= 4 is 5.91 Å². The number of aromatic nitrogens is 1. The summed E-state index contributed by atoms with van der Waals surface area (Å²) in [5.74, 6) is -0.486. The molecule has 1 rings (SSSR count). The van der Waals surface area contributed by atoms with Crippen LogP contribution in [-0.2, 0) is 11.3 Å². The summed E-state index contributed by atoms with van der Waals surface area (Å²) in [6.07, 6.45) is -2.69. The third-order valence-electron chi connectivity index (χ3n) is 2.07. The highest BCUT2D eigenvalue weighted by Crippen LogP contribution is 2.11. The van der Waals surface area contributed by atoms with E-state index in [0.29, 0.717) is 0 Å². The van der Waals surface area contributed by atoms with Crippen LogP contribution in [0.2, 0.25) is 0 Å². The van der Waals surface area contributed by atoms with Gasteiger partial charge in [-0.2, -0.15) is 13.2 Å². The Bertz CT molecular complexity index is 390. The fourth-order valence-electron chi connectivity index (χ4n) is 1.18. The maximum atomic E-state index is 11.8. The molecule has 1 aromatic heterocycles. The fraction of sp³-hybridized carbons (Fsp3) is 0.455. The van der Waals surface area contributed by atoms with Crippen LogP contribution in [0.4, 0.5) is 13.2 Å². The van der Waals surface area contributed by atoms with Gasteiger partial charge in [0.2, 0.25) is 5.91 Å². The zero-order chi connectivity index (χ0) is 13.6. The summed E-state index contributed by atoms with van der Waals surface area (Å²) in [5, 5.41) is 4.51. The van der Waals surface area contributed by atoms with E-state index in [9.17, 15) is 18.0 Å². The molecule has 4 nitrogen and oxygen atoms in total. The summed E-state index contributed by atoms with van der Waals surface area (Å²) in [6.45, 7) is 0.550. The van der Waals surface area contributed by atoms with Crippen molar-refractivity contribution in [3.8, 4) is 0 Å². The van der Waals surface area contributed by atoms with Crippen molar-refractivity contribution in [1.29, 1.82) is 0 Å². The molecular formula is C11H14F3N3O. The van der Waals surface area contributed by atoms with Gasteiger partial charge in [-0.25, -0.2) is 0 Å². The van der Waals surface area contributed by atoms with Crippen LogP contribution in [0.1, 0.15) is 11.3 Å². The molecule has 0 unspecified atom stereocenters. The van der Waals surface area contributed by atoms with Crippen molar-refractivity contribution in [2.75, 3.05) is 13.1 Å². The molecule has 1 aromatic rings. The van der Waals surface area contributed by atoms with Gasteiger partial charge in [0.05, 0.1) is 13.1 Å². The third-order valence-corrected chi connectivity index (χ3v) is 2.07. The number of carbonyl (C=O) groups is 1. The van der Waals surface area contributed by atoms with Crippen LogP contribution in [0, 0.1) is 6.92 Å². The Balaban J connectivity index is 2.23. The molecule has 0 bridgehead atoms. The molecule has 0 atom stereocenters. The minimum Gasteiger partial charge on any atom is -0.351 e. The fourth-order valence-corrected chi connectivity index (χ4v) is 1.18. The van der Waals surface area contributed by atoms with E-state index in [1.165, 1.54) is 0 Å². The number of pyridine rings is 1. The van der Waals surface area contributed by atoms with Crippen molar-refractivity contribution < 1.29 is 18.0 Å². The van der Waals surface area contributed by atoms with Crippen LogP contribution in [0.25, 0.3) is 0 Å². The number of hydrogen-bond acceptors (Lipinski definition) is 3. The molecule has 0 aromatic carbocycles. The number of nitrogens with one attached hydrogen (secondary N) is 2. The predicted molar refractivity (Wildman–Crippen MR) is 59.7 cm³/mol. The van der Waals surface area contributed by atoms with E-state index < -0.39 is 18.6 Å². The largest absolute Gasteiger partial charge is 0.401 e. The van der Waals surface area contributed by atoms with Crippen LogP contribution in [0.15, 0.2) is 18.3 Å². The van der Waals surface area contributed by atoms with E-state index in [0.717, 1.165) is 11.3 Å². The topological polar surface area (TPSA) is 54.0 Å². The van der Waals surface area contributed by atoms with Gasteiger partial charge in [0.15, 0.2) is 0 Å². The minimum absolute atomic E-state index is 0.250. The number of hydrogen-bond donors (Lipinski definition) is 2. The van der Waals surface area contributed by atoms with Crippen LogP contribution in [-0.4, -0.2) is 30.2 Å². The number of rotatable bonds is 5. The molecule has 0 aliphatic rings. The molecule has 1 heterocycles. The highest BCUT2D eigenvalue weighted by Gasteiger charge is 2.26. The SMILES string of the molecule is Cc1ccc(CNC(=O)CNCC(F)(F)F)cn1. The number of carbonyl (C=O) groups excluding carboxylic acids is 1. The van der Waals surface area contributed by atoms with Crippen LogP contribution in [0.5, 0.6) is 0 Å². The second kappa shape index (κ2) is 6.34. The van der Waals surface area contributed by atoms with Crippen LogP contribution < -0.4 is 10.6 Å². The molecular weight excluding hydrogens is 247 g/mol. The summed E-state index contributed by atoms with van der Waals surface area (Å²) in [7, 11) is 0. The molecule has 18 heavy (non-hydrogen) atoms. The normalized spacial score (nSPS) is 11.3. The van der Waals surface area contributed by atoms with Gasteiger partial charge in [0, 0.05) is 18.4 Å². The van der Waals surface area contributed by atoms with Gasteiger partial charge in [-0.3, -0.25) is 9.78 Å². The van der Waals surface area contributed by atoms with E-state index in [-0.39, 0.29) is 13.1 Å². The van der Waals surface area contributed by atoms with E-state index in [2.05, 4.69) is 10.3 Å². The van der Waals surface area contributed by atoms with E-state index in [1.54, 1.807) is 18.3 Å². The smallest absolute Gasteiger partial charge is 0.351 e. The van der Waals surface area contributed by atoms with Crippen molar-refractivity contribution in [3.05, 3.63) is 29.6 Å². The van der Waals surface area contributed by atoms with Crippen molar-refractivity contribution in [1.82, 2.24) is 15.6 Å².